The molecule has 0 aliphatic rings. The number of nitrogen functional groups attached to an aromatic ring is 1. The third kappa shape index (κ3) is 2.25. The first-order valence-electron chi connectivity index (χ1n) is 4.57. The molecule has 2 aromatic heterocycles. The number of nitrogens with zero attached hydrogens (tertiary/aromatic N) is 3. The maximum absolute atomic E-state index is 5.63. The normalized spacial score (nSPS) is 10.2. The summed E-state index contributed by atoms with van der Waals surface area (Å²) < 4.78 is 7.20. The molecule has 0 aliphatic heterocycles. The van der Waals surface area contributed by atoms with Crippen LogP contribution < -0.4 is 10.5 Å². The fraction of sp³-hybridized carbons (Fsp3) is 0.200. The molecule has 0 atom stereocenters. The van der Waals surface area contributed by atoms with Crippen molar-refractivity contribution in [2.75, 3.05) is 5.73 Å². The van der Waals surface area contributed by atoms with Gasteiger partial charge < -0.3 is 10.5 Å². The first kappa shape index (κ1) is 9.51. The fourth-order valence-corrected chi connectivity index (χ4v) is 1.22. The molecule has 78 valence electrons. The van der Waals surface area contributed by atoms with Crippen LogP contribution in [0.4, 0.5) is 5.82 Å². The van der Waals surface area contributed by atoms with Crippen LogP contribution in [0.5, 0.6) is 5.75 Å². The highest BCUT2D eigenvalue weighted by Gasteiger charge is 2.02. The summed E-state index contributed by atoms with van der Waals surface area (Å²) in [6.07, 6.45) is 3.49. The summed E-state index contributed by atoms with van der Waals surface area (Å²) in [7, 11) is 1.86. The Hall–Kier alpha value is -2.04. The van der Waals surface area contributed by atoms with Crippen LogP contribution >= 0.6 is 0 Å². The van der Waals surface area contributed by atoms with E-state index in [9.17, 15) is 0 Å². The van der Waals surface area contributed by atoms with E-state index in [0.717, 1.165) is 5.69 Å². The third-order valence-electron chi connectivity index (χ3n) is 1.94. The molecule has 2 heterocycles. The zero-order valence-corrected chi connectivity index (χ0v) is 8.42. The number of aryl methyl sites for hydroxylation is 1. The molecule has 5 nitrogen and oxygen atoms in total. The number of pyridine rings is 1. The highest BCUT2D eigenvalue weighted by Crippen LogP contribution is 2.17. The van der Waals surface area contributed by atoms with Gasteiger partial charge in [-0.05, 0) is 18.2 Å². The van der Waals surface area contributed by atoms with Crippen molar-refractivity contribution < 1.29 is 4.74 Å². The zero-order chi connectivity index (χ0) is 10.7. The first-order chi connectivity index (χ1) is 7.25. The number of ether oxygens (including phenoxy) is 1. The van der Waals surface area contributed by atoms with E-state index in [0.29, 0.717) is 18.2 Å². The molecule has 0 fully saturated rings. The van der Waals surface area contributed by atoms with Gasteiger partial charge in [0.05, 0.1) is 5.69 Å². The van der Waals surface area contributed by atoms with Gasteiger partial charge in [-0.2, -0.15) is 5.10 Å². The SMILES string of the molecule is Cn1ccc(COc2cccnc2N)n1. The summed E-state index contributed by atoms with van der Waals surface area (Å²) in [4.78, 5) is 3.92. The molecule has 0 saturated carbocycles. The summed E-state index contributed by atoms with van der Waals surface area (Å²) in [6, 6.07) is 5.46. The Morgan fingerprint density at radius 1 is 1.47 bits per heavy atom. The number of hydrogen-bond acceptors (Lipinski definition) is 4. The van der Waals surface area contributed by atoms with Gasteiger partial charge >= 0.3 is 0 Å². The first-order valence-corrected chi connectivity index (χ1v) is 4.57. The monoisotopic (exact) mass is 204 g/mol. The molecule has 0 aromatic carbocycles. The van der Waals surface area contributed by atoms with Gasteiger partial charge in [0.2, 0.25) is 0 Å². The summed E-state index contributed by atoms with van der Waals surface area (Å²) in [6.45, 7) is 0.400. The second-order valence-electron chi connectivity index (χ2n) is 3.16. The molecule has 0 spiro atoms. The molecule has 0 saturated heterocycles. The second-order valence-corrected chi connectivity index (χ2v) is 3.16. The number of aromatic nitrogens is 3. The number of rotatable bonds is 3. The van der Waals surface area contributed by atoms with E-state index in [1.165, 1.54) is 0 Å². The Labute approximate surface area is 87.5 Å². The van der Waals surface area contributed by atoms with Crippen LogP contribution in [0.3, 0.4) is 0 Å². The smallest absolute Gasteiger partial charge is 0.166 e. The predicted octanol–water partition coefficient (Wildman–Crippen LogP) is 0.976. The van der Waals surface area contributed by atoms with E-state index in [1.807, 2.05) is 19.3 Å². The Balaban J connectivity index is 2.02. The molecule has 5 heteroatoms. The van der Waals surface area contributed by atoms with Gasteiger partial charge in [-0.1, -0.05) is 0 Å². The zero-order valence-electron chi connectivity index (χ0n) is 8.42. The molecule has 0 amide bonds. The average Bonchev–Trinajstić information content (AvgIpc) is 2.63. The second kappa shape index (κ2) is 4.00. The number of anilines is 1. The van der Waals surface area contributed by atoms with E-state index in [4.69, 9.17) is 10.5 Å². The topological polar surface area (TPSA) is 66.0 Å². The minimum atomic E-state index is 0.397. The lowest BCUT2D eigenvalue weighted by molar-refractivity contribution is 0.301. The van der Waals surface area contributed by atoms with Gasteiger partial charge in [-0.3, -0.25) is 4.68 Å². The van der Waals surface area contributed by atoms with E-state index in [1.54, 1.807) is 23.0 Å². The van der Waals surface area contributed by atoms with Crippen LogP contribution in [0.15, 0.2) is 30.6 Å². The van der Waals surface area contributed by atoms with Crippen molar-refractivity contribution in [3.05, 3.63) is 36.3 Å². The van der Waals surface area contributed by atoms with Crippen LogP contribution in [0, 0.1) is 0 Å². The van der Waals surface area contributed by atoms with Gasteiger partial charge in [0, 0.05) is 19.4 Å². The molecule has 15 heavy (non-hydrogen) atoms. The lowest BCUT2D eigenvalue weighted by atomic mass is 10.4. The van der Waals surface area contributed by atoms with Crippen molar-refractivity contribution in [2.45, 2.75) is 6.61 Å². The van der Waals surface area contributed by atoms with E-state index in [2.05, 4.69) is 10.1 Å². The molecule has 0 radical (unpaired) electrons. The highest BCUT2D eigenvalue weighted by atomic mass is 16.5. The fourth-order valence-electron chi connectivity index (χ4n) is 1.22. The Bertz CT molecular complexity index is 452. The molecule has 0 unspecified atom stereocenters. The van der Waals surface area contributed by atoms with Crippen LogP contribution in [0.25, 0.3) is 0 Å². The molecular formula is C10H12N4O. The summed E-state index contributed by atoms with van der Waals surface area (Å²) in [5.74, 6) is 0.983. The maximum atomic E-state index is 5.63. The van der Waals surface area contributed by atoms with Crippen molar-refractivity contribution in [2.24, 2.45) is 7.05 Å². The van der Waals surface area contributed by atoms with Crippen molar-refractivity contribution in [1.29, 1.82) is 0 Å². The van der Waals surface area contributed by atoms with Gasteiger partial charge in [-0.15, -0.1) is 0 Å². The van der Waals surface area contributed by atoms with E-state index >= 15 is 0 Å². The summed E-state index contributed by atoms with van der Waals surface area (Å²) in [5.41, 5.74) is 6.49. The molecule has 2 rings (SSSR count). The molecule has 2 N–H and O–H groups in total. The van der Waals surface area contributed by atoms with Gasteiger partial charge in [-0.25, -0.2) is 4.98 Å². The molecular weight excluding hydrogens is 192 g/mol. The average molecular weight is 204 g/mol. The quantitative estimate of drug-likeness (QED) is 0.809. The number of nitrogens with two attached hydrogens (primary N) is 1. The standard InChI is InChI=1S/C10H12N4O/c1-14-6-4-8(13-14)7-15-9-3-2-5-12-10(9)11/h2-6H,7H2,1H3,(H2,11,12). The lowest BCUT2D eigenvalue weighted by Crippen LogP contribution is -2.01. The minimum Gasteiger partial charge on any atom is -0.483 e. The number of hydrogen-bond donors (Lipinski definition) is 1. The van der Waals surface area contributed by atoms with Crippen LogP contribution in [0.2, 0.25) is 0 Å². The van der Waals surface area contributed by atoms with Crippen LogP contribution in [-0.4, -0.2) is 14.8 Å². The Morgan fingerprint density at radius 3 is 3.00 bits per heavy atom. The highest BCUT2D eigenvalue weighted by molar-refractivity contribution is 5.44. The van der Waals surface area contributed by atoms with Crippen LogP contribution in [0.1, 0.15) is 5.69 Å². The van der Waals surface area contributed by atoms with Crippen molar-refractivity contribution in [3.63, 3.8) is 0 Å². The minimum absolute atomic E-state index is 0.397. The predicted molar refractivity (Wildman–Crippen MR) is 56.2 cm³/mol. The van der Waals surface area contributed by atoms with E-state index < -0.39 is 0 Å². The molecule has 0 aliphatic carbocycles. The maximum Gasteiger partial charge on any atom is 0.166 e. The van der Waals surface area contributed by atoms with Crippen molar-refractivity contribution in [1.82, 2.24) is 14.8 Å². The van der Waals surface area contributed by atoms with Crippen molar-refractivity contribution >= 4 is 5.82 Å². The van der Waals surface area contributed by atoms with Gasteiger partial charge in [0.25, 0.3) is 0 Å². The Kier molecular flexibility index (Phi) is 2.53. The lowest BCUT2D eigenvalue weighted by Gasteiger charge is -2.05. The van der Waals surface area contributed by atoms with Gasteiger partial charge in [0.1, 0.15) is 6.61 Å². The third-order valence-corrected chi connectivity index (χ3v) is 1.94. The Morgan fingerprint density at radius 2 is 2.33 bits per heavy atom. The largest absolute Gasteiger partial charge is 0.483 e. The van der Waals surface area contributed by atoms with Gasteiger partial charge in [0.15, 0.2) is 11.6 Å². The van der Waals surface area contributed by atoms with E-state index in [-0.39, 0.29) is 0 Å². The summed E-state index contributed by atoms with van der Waals surface area (Å²) in [5, 5.41) is 4.19. The van der Waals surface area contributed by atoms with Crippen LogP contribution in [-0.2, 0) is 13.7 Å². The molecule has 2 aromatic rings. The summed E-state index contributed by atoms with van der Waals surface area (Å²) >= 11 is 0. The van der Waals surface area contributed by atoms with Crippen molar-refractivity contribution in [3.8, 4) is 5.75 Å². The molecule has 0 bridgehead atoms.